The summed E-state index contributed by atoms with van der Waals surface area (Å²) in [4.78, 5) is 9.45. The number of aliphatic hydroxyl groups excluding tert-OH is 1. The van der Waals surface area contributed by atoms with Gasteiger partial charge in [-0.3, -0.25) is 0 Å². The summed E-state index contributed by atoms with van der Waals surface area (Å²) >= 11 is 0. The minimum absolute atomic E-state index is 0. The van der Waals surface area contributed by atoms with Crippen molar-refractivity contribution in [1.29, 1.82) is 0 Å². The van der Waals surface area contributed by atoms with Crippen molar-refractivity contribution in [3.05, 3.63) is 0 Å². The van der Waals surface area contributed by atoms with Gasteiger partial charge in [0, 0.05) is 82.1 Å². The summed E-state index contributed by atoms with van der Waals surface area (Å²) in [5.41, 5.74) is 0. The Morgan fingerprint density at radius 3 is 1.75 bits per heavy atom. The number of hydrogen-bond donors (Lipinski definition) is 2. The molecule has 0 radical (unpaired) electrons. The van der Waals surface area contributed by atoms with Gasteiger partial charge in [-0.05, 0) is 6.92 Å². The molecular weight excluding hydrogens is 375 g/mol. The second-order valence-corrected chi connectivity index (χ2v) is 1.01. The van der Waals surface area contributed by atoms with Crippen LogP contribution in [0.5, 0.6) is 0 Å². The molecule has 0 amide bonds. The molecule has 3 nitrogen and oxygen atoms in total. The average Bonchev–Trinajstić information content (AvgIpc) is 1.36. The van der Waals surface area contributed by atoms with Gasteiger partial charge >= 0.3 is 5.97 Å². The van der Waals surface area contributed by atoms with E-state index in [-0.39, 0.29) is 82.1 Å². The Balaban J connectivity index is -0.000000125. The zero-order valence-corrected chi connectivity index (χ0v) is 10.0. The molecular formula is C3H6CeO3Sm. The van der Waals surface area contributed by atoms with Gasteiger partial charge in [-0.1, -0.05) is 0 Å². The molecule has 0 aliphatic carbocycles. The van der Waals surface area contributed by atoms with E-state index in [0.717, 1.165) is 0 Å². The molecule has 0 rings (SSSR count). The molecule has 0 saturated heterocycles. The zero-order valence-electron chi connectivity index (χ0n) is 4.29. The van der Waals surface area contributed by atoms with Crippen LogP contribution in [0.2, 0.25) is 0 Å². The molecule has 0 bridgehead atoms. The van der Waals surface area contributed by atoms with E-state index in [1.54, 1.807) is 0 Å². The first kappa shape index (κ1) is 16.6. The predicted octanol–water partition coefficient (Wildman–Crippen LogP) is -0.548. The molecule has 0 fully saturated rings. The van der Waals surface area contributed by atoms with Crippen molar-refractivity contribution in [3.63, 3.8) is 0 Å². The minimum atomic E-state index is -1.23. The Kier molecular flexibility index (Phi) is 19.0. The maximum absolute atomic E-state index is 9.45. The van der Waals surface area contributed by atoms with Crippen LogP contribution in [0.1, 0.15) is 6.92 Å². The summed E-state index contributed by atoms with van der Waals surface area (Å²) in [6.07, 6.45) is -1.23. The number of rotatable bonds is 1. The first-order valence-electron chi connectivity index (χ1n) is 1.55. The van der Waals surface area contributed by atoms with Crippen LogP contribution in [0.4, 0.5) is 0 Å². The van der Waals surface area contributed by atoms with E-state index in [2.05, 4.69) is 0 Å². The van der Waals surface area contributed by atoms with Gasteiger partial charge < -0.3 is 10.2 Å². The molecule has 0 aromatic rings. The molecule has 2 N–H and O–H groups in total. The van der Waals surface area contributed by atoms with Gasteiger partial charge in [0.25, 0.3) is 0 Å². The van der Waals surface area contributed by atoms with Crippen LogP contribution in [0.3, 0.4) is 0 Å². The minimum Gasteiger partial charge on any atom is -0.479 e. The maximum Gasteiger partial charge on any atom is 0.332 e. The van der Waals surface area contributed by atoms with Crippen molar-refractivity contribution in [3.8, 4) is 0 Å². The standard InChI is InChI=1S/C3H6O3.Ce.Sm/c1-2(4)3(5)6;;/h2,4H,1H3,(H,5,6);;. The van der Waals surface area contributed by atoms with Crippen LogP contribution in [0, 0.1) is 82.1 Å². The predicted molar refractivity (Wildman–Crippen MR) is 19.3 cm³/mol. The van der Waals surface area contributed by atoms with E-state index in [1.807, 2.05) is 0 Å². The Bertz CT molecular complexity index is 65.5. The largest absolute Gasteiger partial charge is 0.479 e. The van der Waals surface area contributed by atoms with Crippen molar-refractivity contribution in [2.75, 3.05) is 0 Å². The number of hydrogen-bond acceptors (Lipinski definition) is 2. The summed E-state index contributed by atoms with van der Waals surface area (Å²) in [5.74, 6) is -1.19. The third-order valence-corrected chi connectivity index (χ3v) is 0.357. The van der Waals surface area contributed by atoms with Gasteiger partial charge in [0.05, 0.1) is 0 Å². The molecule has 8 heavy (non-hydrogen) atoms. The van der Waals surface area contributed by atoms with Gasteiger partial charge in [0.1, 0.15) is 6.10 Å². The Hall–Kier alpha value is 2.14. The Morgan fingerprint density at radius 1 is 1.62 bits per heavy atom. The van der Waals surface area contributed by atoms with E-state index in [9.17, 15) is 4.79 Å². The van der Waals surface area contributed by atoms with Gasteiger partial charge in [0.15, 0.2) is 0 Å². The molecule has 0 aliphatic heterocycles. The van der Waals surface area contributed by atoms with E-state index < -0.39 is 12.1 Å². The Morgan fingerprint density at radius 2 is 1.75 bits per heavy atom. The number of carbonyl (C=O) groups is 1. The SMILES string of the molecule is CC(O)C(=O)O.[Ce].[Sm]. The third kappa shape index (κ3) is 11.0. The average molecular weight is 381 g/mol. The van der Waals surface area contributed by atoms with Gasteiger partial charge in [-0.2, -0.15) is 0 Å². The van der Waals surface area contributed by atoms with E-state index in [1.165, 1.54) is 6.92 Å². The summed E-state index contributed by atoms with van der Waals surface area (Å²) in [5, 5.41) is 15.8. The number of aliphatic hydroxyl groups is 1. The molecule has 0 aliphatic rings. The fourth-order valence-corrected chi connectivity index (χ4v) is 0. The van der Waals surface area contributed by atoms with Crippen LogP contribution in [0.15, 0.2) is 0 Å². The fraction of sp³-hybridized carbons (Fsp3) is 0.667. The van der Waals surface area contributed by atoms with Crippen molar-refractivity contribution < 1.29 is 97.1 Å². The monoisotopic (exact) mass is 382 g/mol. The fourth-order valence-electron chi connectivity index (χ4n) is 0. The third-order valence-electron chi connectivity index (χ3n) is 0.357. The van der Waals surface area contributed by atoms with Gasteiger partial charge in [0.2, 0.25) is 0 Å². The summed E-state index contributed by atoms with van der Waals surface area (Å²) in [7, 11) is 0. The molecule has 0 heterocycles. The normalized spacial score (nSPS) is 10.2. The molecule has 0 aromatic carbocycles. The zero-order chi connectivity index (χ0) is 5.15. The summed E-state index contributed by atoms with van der Waals surface area (Å²) < 4.78 is 0. The summed E-state index contributed by atoms with van der Waals surface area (Å²) in [6, 6.07) is 0. The van der Waals surface area contributed by atoms with E-state index in [4.69, 9.17) is 10.2 Å². The summed E-state index contributed by atoms with van der Waals surface area (Å²) in [6.45, 7) is 1.20. The van der Waals surface area contributed by atoms with Crippen molar-refractivity contribution in [2.45, 2.75) is 13.0 Å². The van der Waals surface area contributed by atoms with E-state index >= 15 is 0 Å². The van der Waals surface area contributed by atoms with Gasteiger partial charge in [-0.25, -0.2) is 4.79 Å². The second kappa shape index (κ2) is 9.14. The number of aliphatic carboxylic acids is 1. The van der Waals surface area contributed by atoms with E-state index in [0.29, 0.717) is 0 Å². The smallest absolute Gasteiger partial charge is 0.332 e. The molecule has 1 atom stereocenters. The molecule has 1 unspecified atom stereocenters. The number of carboxylic acid groups (broad SMARTS) is 1. The van der Waals surface area contributed by atoms with Crippen molar-refractivity contribution in [2.24, 2.45) is 0 Å². The first-order chi connectivity index (χ1) is 2.64. The van der Waals surface area contributed by atoms with Crippen LogP contribution < -0.4 is 0 Å². The number of carboxylic acids is 1. The van der Waals surface area contributed by atoms with Gasteiger partial charge in [-0.15, -0.1) is 0 Å². The molecule has 46 valence electrons. The van der Waals surface area contributed by atoms with Crippen LogP contribution in [0.25, 0.3) is 0 Å². The molecule has 0 aromatic heterocycles. The quantitative estimate of drug-likeness (QED) is 0.642. The second-order valence-electron chi connectivity index (χ2n) is 1.01. The van der Waals surface area contributed by atoms with Crippen LogP contribution >= 0.6 is 0 Å². The topological polar surface area (TPSA) is 57.5 Å². The van der Waals surface area contributed by atoms with Crippen LogP contribution in [-0.2, 0) is 4.79 Å². The molecule has 0 saturated carbocycles. The van der Waals surface area contributed by atoms with Crippen molar-refractivity contribution in [1.82, 2.24) is 0 Å². The maximum atomic E-state index is 9.45. The Labute approximate surface area is 114 Å². The molecule has 0 spiro atoms. The molecule has 5 heteroatoms. The van der Waals surface area contributed by atoms with Crippen molar-refractivity contribution >= 4 is 5.97 Å². The van der Waals surface area contributed by atoms with Crippen LogP contribution in [-0.4, -0.2) is 22.3 Å². The first-order valence-corrected chi connectivity index (χ1v) is 1.55.